The summed E-state index contributed by atoms with van der Waals surface area (Å²) in [7, 11) is 0. The van der Waals surface area contributed by atoms with Crippen LogP contribution in [0.5, 0.6) is 0 Å². The largest absolute Gasteiger partial charge is 0.480 e. The normalized spacial score (nSPS) is 34.6. The Morgan fingerprint density at radius 3 is 2.48 bits per heavy atom. The zero-order chi connectivity index (χ0) is 16.0. The number of aliphatic hydroxyl groups excluding tert-OH is 1. The molecule has 1 spiro atoms. The molecule has 5 nitrogen and oxygen atoms in total. The molecule has 2 N–H and O–H groups in total. The number of carboxylic acid groups (broad SMARTS) is 1. The molecular weight excluding hydrogens is 270 g/mol. The highest BCUT2D eigenvalue weighted by molar-refractivity contribution is 5.74. The zero-order valence-electron chi connectivity index (χ0n) is 13.8. The van der Waals surface area contributed by atoms with Crippen LogP contribution >= 0.6 is 0 Å². The van der Waals surface area contributed by atoms with E-state index in [2.05, 4.69) is 20.8 Å². The number of likely N-dealkylation sites (tertiary alicyclic amines) is 1. The average Bonchev–Trinajstić information content (AvgIpc) is 2.78. The number of hydrogen-bond acceptors (Lipinski definition) is 4. The number of hydrogen-bond donors (Lipinski definition) is 2. The number of aliphatic carboxylic acids is 1. The summed E-state index contributed by atoms with van der Waals surface area (Å²) < 4.78 is 5.86. The summed E-state index contributed by atoms with van der Waals surface area (Å²) in [5, 5.41) is 20.0. The van der Waals surface area contributed by atoms with Gasteiger partial charge in [-0.3, -0.25) is 4.79 Å². The van der Waals surface area contributed by atoms with Gasteiger partial charge in [-0.2, -0.15) is 0 Å². The third-order valence-corrected chi connectivity index (χ3v) is 4.96. The topological polar surface area (TPSA) is 70.0 Å². The lowest BCUT2D eigenvalue weighted by Crippen LogP contribution is -2.52. The molecule has 0 aromatic heterocycles. The molecule has 0 aromatic carbocycles. The Labute approximate surface area is 127 Å². The molecule has 0 bridgehead atoms. The highest BCUT2D eigenvalue weighted by Gasteiger charge is 2.64. The van der Waals surface area contributed by atoms with E-state index in [1.807, 2.05) is 13.8 Å². The standard InChI is InChI=1S/C16H29NO4/c1-10(2)8-15(4,5)21-14(20)17-12(13(18)19)6-7-16(17)9-11(16)3/h10-12,14,20H,6-9H2,1-5H3,(H,18,19)/t11?,12-,14?,16+/m0/s1. The summed E-state index contributed by atoms with van der Waals surface area (Å²) in [5.74, 6) is 0.0125. The number of ether oxygens (including phenoxy) is 1. The van der Waals surface area contributed by atoms with Crippen LogP contribution in [0.4, 0.5) is 0 Å². The van der Waals surface area contributed by atoms with E-state index in [1.54, 1.807) is 4.90 Å². The number of rotatable bonds is 6. The minimum absolute atomic E-state index is 0.170. The molecule has 2 rings (SSSR count). The fourth-order valence-corrected chi connectivity index (χ4v) is 4.13. The van der Waals surface area contributed by atoms with Crippen molar-refractivity contribution >= 4 is 5.97 Å². The second-order valence-electron chi connectivity index (χ2n) is 7.81. The van der Waals surface area contributed by atoms with Crippen LogP contribution in [0.2, 0.25) is 0 Å². The molecule has 1 aliphatic heterocycles. The van der Waals surface area contributed by atoms with Crippen LogP contribution in [0.1, 0.15) is 60.3 Å². The highest BCUT2D eigenvalue weighted by atomic mass is 16.6. The molecule has 0 radical (unpaired) electrons. The van der Waals surface area contributed by atoms with Crippen molar-refractivity contribution in [1.82, 2.24) is 4.90 Å². The van der Waals surface area contributed by atoms with Gasteiger partial charge in [-0.1, -0.05) is 20.8 Å². The Balaban J connectivity index is 2.11. The number of aliphatic hydroxyl groups is 1. The molecule has 2 fully saturated rings. The molecule has 2 unspecified atom stereocenters. The first kappa shape index (κ1) is 16.7. The summed E-state index contributed by atoms with van der Waals surface area (Å²) in [4.78, 5) is 13.2. The van der Waals surface area contributed by atoms with Gasteiger partial charge < -0.3 is 14.9 Å². The summed E-state index contributed by atoms with van der Waals surface area (Å²) in [5.41, 5.74) is -0.644. The van der Waals surface area contributed by atoms with Crippen LogP contribution in [0, 0.1) is 11.8 Å². The summed E-state index contributed by atoms with van der Waals surface area (Å²) in [6.45, 7) is 10.2. The predicted octanol–water partition coefficient (Wildman–Crippen LogP) is 2.43. The van der Waals surface area contributed by atoms with E-state index in [0.717, 1.165) is 19.3 Å². The molecule has 4 atom stereocenters. The van der Waals surface area contributed by atoms with Crippen molar-refractivity contribution in [2.24, 2.45) is 11.8 Å². The molecule has 122 valence electrons. The summed E-state index contributed by atoms with van der Waals surface area (Å²) in [6, 6.07) is -0.639. The summed E-state index contributed by atoms with van der Waals surface area (Å²) in [6.07, 6.45) is 2.04. The predicted molar refractivity (Wildman–Crippen MR) is 79.6 cm³/mol. The van der Waals surface area contributed by atoms with E-state index >= 15 is 0 Å². The second-order valence-corrected chi connectivity index (χ2v) is 7.81. The van der Waals surface area contributed by atoms with E-state index in [9.17, 15) is 15.0 Å². The van der Waals surface area contributed by atoms with E-state index in [4.69, 9.17) is 4.74 Å². The lowest BCUT2D eigenvalue weighted by atomic mass is 9.96. The van der Waals surface area contributed by atoms with Gasteiger partial charge in [-0.05, 0) is 51.4 Å². The molecular formula is C16H29NO4. The van der Waals surface area contributed by atoms with Gasteiger partial charge in [-0.25, -0.2) is 4.90 Å². The van der Waals surface area contributed by atoms with Gasteiger partial charge in [0.05, 0.1) is 5.60 Å². The molecule has 0 amide bonds. The first-order valence-corrected chi connectivity index (χ1v) is 7.96. The van der Waals surface area contributed by atoms with E-state index in [-0.39, 0.29) is 5.54 Å². The van der Waals surface area contributed by atoms with E-state index in [1.165, 1.54) is 0 Å². The van der Waals surface area contributed by atoms with E-state index in [0.29, 0.717) is 18.3 Å². The van der Waals surface area contributed by atoms with Crippen molar-refractivity contribution in [3.05, 3.63) is 0 Å². The van der Waals surface area contributed by atoms with Crippen LogP contribution in [0.25, 0.3) is 0 Å². The molecule has 1 heterocycles. The van der Waals surface area contributed by atoms with Crippen molar-refractivity contribution < 1.29 is 19.7 Å². The van der Waals surface area contributed by atoms with Crippen molar-refractivity contribution in [3.8, 4) is 0 Å². The SMILES string of the molecule is CC(C)CC(C)(C)OC(O)N1[C@H](C(=O)O)CC[C@]12CC2C. The molecule has 1 saturated carbocycles. The smallest absolute Gasteiger partial charge is 0.321 e. The van der Waals surface area contributed by atoms with Gasteiger partial charge in [0.1, 0.15) is 6.04 Å². The first-order chi connectivity index (χ1) is 9.59. The highest BCUT2D eigenvalue weighted by Crippen LogP contribution is 2.57. The Morgan fingerprint density at radius 2 is 2.05 bits per heavy atom. The minimum atomic E-state index is -1.15. The maximum atomic E-state index is 11.5. The number of nitrogens with zero attached hydrogens (tertiary/aromatic N) is 1. The average molecular weight is 299 g/mol. The Kier molecular flexibility index (Phi) is 4.40. The number of carboxylic acids is 1. The fourth-order valence-electron chi connectivity index (χ4n) is 4.13. The Bertz CT molecular complexity index is 409. The Morgan fingerprint density at radius 1 is 1.48 bits per heavy atom. The molecule has 2 aliphatic rings. The fraction of sp³-hybridized carbons (Fsp3) is 0.938. The lowest BCUT2D eigenvalue weighted by molar-refractivity contribution is -0.262. The quantitative estimate of drug-likeness (QED) is 0.737. The monoisotopic (exact) mass is 299 g/mol. The van der Waals surface area contributed by atoms with Crippen LogP contribution in [0.15, 0.2) is 0 Å². The van der Waals surface area contributed by atoms with E-state index < -0.39 is 24.0 Å². The van der Waals surface area contributed by atoms with Gasteiger partial charge >= 0.3 is 5.97 Å². The molecule has 0 aromatic rings. The second kappa shape index (κ2) is 5.52. The third-order valence-electron chi connectivity index (χ3n) is 4.96. The molecule has 21 heavy (non-hydrogen) atoms. The molecule has 1 saturated heterocycles. The van der Waals surface area contributed by atoms with Gasteiger partial charge in [-0.15, -0.1) is 0 Å². The molecule has 1 aliphatic carbocycles. The van der Waals surface area contributed by atoms with Crippen molar-refractivity contribution in [3.63, 3.8) is 0 Å². The van der Waals surface area contributed by atoms with Gasteiger partial charge in [0, 0.05) is 5.54 Å². The van der Waals surface area contributed by atoms with Gasteiger partial charge in [0.15, 0.2) is 0 Å². The third kappa shape index (κ3) is 3.25. The zero-order valence-corrected chi connectivity index (χ0v) is 13.8. The van der Waals surface area contributed by atoms with Gasteiger partial charge in [0.2, 0.25) is 6.41 Å². The van der Waals surface area contributed by atoms with Crippen LogP contribution < -0.4 is 0 Å². The Hall–Kier alpha value is -0.650. The summed E-state index contributed by atoms with van der Waals surface area (Å²) >= 11 is 0. The maximum absolute atomic E-state index is 11.5. The van der Waals surface area contributed by atoms with Crippen molar-refractivity contribution in [2.75, 3.05) is 0 Å². The molecule has 5 heteroatoms. The van der Waals surface area contributed by atoms with Crippen molar-refractivity contribution in [2.45, 2.75) is 83.9 Å². The maximum Gasteiger partial charge on any atom is 0.321 e. The van der Waals surface area contributed by atoms with Crippen LogP contribution in [0.3, 0.4) is 0 Å². The number of carbonyl (C=O) groups is 1. The van der Waals surface area contributed by atoms with Crippen LogP contribution in [-0.4, -0.2) is 44.7 Å². The van der Waals surface area contributed by atoms with Crippen LogP contribution in [-0.2, 0) is 9.53 Å². The first-order valence-electron chi connectivity index (χ1n) is 7.96. The lowest BCUT2D eigenvalue weighted by Gasteiger charge is -2.38. The van der Waals surface area contributed by atoms with Crippen molar-refractivity contribution in [1.29, 1.82) is 0 Å². The van der Waals surface area contributed by atoms with Gasteiger partial charge in [0.25, 0.3) is 0 Å². The minimum Gasteiger partial charge on any atom is -0.480 e.